The Morgan fingerprint density at radius 3 is 2.10 bits per heavy atom. The van der Waals surface area contributed by atoms with Gasteiger partial charge in [-0.1, -0.05) is 12.1 Å². The minimum Gasteiger partial charge on any atom is -0.493 e. The van der Waals surface area contributed by atoms with E-state index in [4.69, 9.17) is 19.9 Å². The highest BCUT2D eigenvalue weighted by molar-refractivity contribution is 6.05. The van der Waals surface area contributed by atoms with Gasteiger partial charge < -0.3 is 30.2 Å². The molecule has 0 saturated carbocycles. The van der Waals surface area contributed by atoms with Crippen LogP contribution in [-0.4, -0.2) is 58.2 Å². The number of hydrogen-bond acceptors (Lipinski definition) is 6. The van der Waals surface area contributed by atoms with E-state index in [1.807, 2.05) is 38.4 Å². The van der Waals surface area contributed by atoms with Crippen molar-refractivity contribution >= 4 is 17.5 Å². The molecule has 8 heteroatoms. The maximum atomic E-state index is 12.7. The van der Waals surface area contributed by atoms with Crippen LogP contribution in [0, 0.1) is 0 Å². The van der Waals surface area contributed by atoms with E-state index in [2.05, 4.69) is 10.2 Å². The fraction of sp³-hybridized carbons (Fsp3) is 0.333. The van der Waals surface area contributed by atoms with Gasteiger partial charge in [-0.05, 0) is 50.3 Å². The number of nitrogens with two attached hydrogens (primary N) is 1. The summed E-state index contributed by atoms with van der Waals surface area (Å²) in [6.07, 6.45) is 0.933. The van der Waals surface area contributed by atoms with Crippen LogP contribution in [0.5, 0.6) is 17.2 Å². The van der Waals surface area contributed by atoms with E-state index in [1.165, 1.54) is 31.9 Å². The lowest BCUT2D eigenvalue weighted by atomic mass is 10.1. The molecule has 2 amide bonds. The molecule has 3 N–H and O–H groups in total. The van der Waals surface area contributed by atoms with E-state index in [0.29, 0.717) is 11.3 Å². The molecule has 8 nitrogen and oxygen atoms in total. The molecule has 0 saturated heterocycles. The zero-order valence-electron chi connectivity index (χ0n) is 17.2. The van der Waals surface area contributed by atoms with Crippen LogP contribution in [0.3, 0.4) is 0 Å². The minimum atomic E-state index is -0.634. The van der Waals surface area contributed by atoms with Crippen molar-refractivity contribution < 1.29 is 23.8 Å². The van der Waals surface area contributed by atoms with E-state index in [0.717, 1.165) is 13.0 Å². The zero-order valence-corrected chi connectivity index (χ0v) is 17.2. The lowest BCUT2D eigenvalue weighted by Crippen LogP contribution is -2.20. The summed E-state index contributed by atoms with van der Waals surface area (Å²) in [7, 11) is 6.92. The quantitative estimate of drug-likeness (QED) is 0.631. The third-order valence-corrected chi connectivity index (χ3v) is 4.14. The Labute approximate surface area is 170 Å². The summed E-state index contributed by atoms with van der Waals surface area (Å²) in [5, 5.41) is 2.85. The van der Waals surface area contributed by atoms with Crippen LogP contribution in [0.25, 0.3) is 0 Å². The topological polar surface area (TPSA) is 103 Å². The van der Waals surface area contributed by atoms with Crippen LogP contribution in [0.15, 0.2) is 36.4 Å². The molecule has 0 fully saturated rings. The summed E-state index contributed by atoms with van der Waals surface area (Å²) in [6, 6.07) is 10.7. The maximum Gasteiger partial charge on any atom is 0.255 e. The van der Waals surface area contributed by atoms with Gasteiger partial charge in [-0.25, -0.2) is 0 Å². The highest BCUT2D eigenvalue weighted by Gasteiger charge is 2.18. The molecule has 2 aromatic carbocycles. The highest BCUT2D eigenvalue weighted by atomic mass is 16.5. The Balaban J connectivity index is 2.16. The lowest BCUT2D eigenvalue weighted by molar-refractivity contribution is -0.120. The molecule has 0 aliphatic rings. The number of ether oxygens (including phenoxy) is 3. The molecule has 0 unspecified atom stereocenters. The monoisotopic (exact) mass is 401 g/mol. The largest absolute Gasteiger partial charge is 0.493 e. The number of methoxy groups -OCH3 is 2. The average molecular weight is 401 g/mol. The third kappa shape index (κ3) is 6.39. The molecule has 0 spiro atoms. The molecule has 0 aliphatic carbocycles. The molecule has 0 heterocycles. The summed E-state index contributed by atoms with van der Waals surface area (Å²) in [4.78, 5) is 25.8. The lowest BCUT2D eigenvalue weighted by Gasteiger charge is -2.15. The number of nitrogens with zero attached hydrogens (tertiary/aromatic N) is 1. The van der Waals surface area contributed by atoms with Crippen LogP contribution >= 0.6 is 0 Å². The fourth-order valence-electron chi connectivity index (χ4n) is 2.61. The van der Waals surface area contributed by atoms with Crippen molar-refractivity contribution in [2.45, 2.75) is 6.42 Å². The van der Waals surface area contributed by atoms with E-state index >= 15 is 0 Å². The molecule has 0 aliphatic heterocycles. The minimum absolute atomic E-state index is 0.204. The number of anilines is 1. The normalized spacial score (nSPS) is 10.5. The number of amides is 2. The van der Waals surface area contributed by atoms with Gasteiger partial charge in [0.25, 0.3) is 11.8 Å². The van der Waals surface area contributed by atoms with Crippen molar-refractivity contribution in [3.63, 3.8) is 0 Å². The van der Waals surface area contributed by atoms with Gasteiger partial charge in [0.15, 0.2) is 18.1 Å². The first kappa shape index (κ1) is 22.0. The molecular formula is C21H27N3O5. The molecule has 2 rings (SSSR count). The van der Waals surface area contributed by atoms with Crippen molar-refractivity contribution in [1.29, 1.82) is 0 Å². The summed E-state index contributed by atoms with van der Waals surface area (Å²) >= 11 is 0. The second-order valence-electron chi connectivity index (χ2n) is 6.67. The van der Waals surface area contributed by atoms with Gasteiger partial charge in [-0.2, -0.15) is 0 Å². The van der Waals surface area contributed by atoms with E-state index in [9.17, 15) is 9.59 Å². The zero-order chi connectivity index (χ0) is 21.4. The van der Waals surface area contributed by atoms with Crippen molar-refractivity contribution in [1.82, 2.24) is 4.90 Å². The van der Waals surface area contributed by atoms with Crippen molar-refractivity contribution in [2.24, 2.45) is 5.73 Å². The van der Waals surface area contributed by atoms with Gasteiger partial charge in [-0.15, -0.1) is 0 Å². The third-order valence-electron chi connectivity index (χ3n) is 4.14. The Morgan fingerprint density at radius 1 is 1.03 bits per heavy atom. The van der Waals surface area contributed by atoms with E-state index < -0.39 is 5.91 Å². The number of primary amides is 1. The second kappa shape index (κ2) is 10.3. The van der Waals surface area contributed by atoms with Gasteiger partial charge >= 0.3 is 0 Å². The average Bonchev–Trinajstić information content (AvgIpc) is 2.70. The van der Waals surface area contributed by atoms with Gasteiger partial charge in [0.2, 0.25) is 5.75 Å². The Morgan fingerprint density at radius 2 is 1.62 bits per heavy atom. The van der Waals surface area contributed by atoms with Crippen molar-refractivity contribution in [3.8, 4) is 17.2 Å². The molecule has 0 atom stereocenters. The Hall–Kier alpha value is -3.26. The van der Waals surface area contributed by atoms with Crippen molar-refractivity contribution in [2.75, 3.05) is 46.8 Å². The van der Waals surface area contributed by atoms with Crippen LogP contribution in [0.2, 0.25) is 0 Å². The predicted octanol–water partition coefficient (Wildman–Crippen LogP) is 1.92. The number of carbonyl (C=O) groups is 2. The first-order valence-electron chi connectivity index (χ1n) is 9.06. The number of likely N-dealkylation sites (N-methyl/N-ethyl adjacent to an activating group) is 1. The van der Waals surface area contributed by atoms with Crippen LogP contribution < -0.4 is 25.3 Å². The predicted molar refractivity (Wildman–Crippen MR) is 111 cm³/mol. The van der Waals surface area contributed by atoms with Gasteiger partial charge in [0, 0.05) is 17.8 Å². The van der Waals surface area contributed by atoms with Gasteiger partial charge in [-0.3, -0.25) is 9.59 Å². The van der Waals surface area contributed by atoms with Crippen LogP contribution in [-0.2, 0) is 11.2 Å². The Kier molecular flexibility index (Phi) is 7.85. The maximum absolute atomic E-state index is 12.7. The molecule has 156 valence electrons. The van der Waals surface area contributed by atoms with Gasteiger partial charge in [0.1, 0.15) is 0 Å². The molecule has 2 aromatic rings. The van der Waals surface area contributed by atoms with Crippen LogP contribution in [0.1, 0.15) is 15.9 Å². The number of rotatable bonds is 10. The molecule has 0 bridgehead atoms. The van der Waals surface area contributed by atoms with Gasteiger partial charge in [0.05, 0.1) is 14.2 Å². The van der Waals surface area contributed by atoms with Crippen molar-refractivity contribution in [3.05, 3.63) is 47.5 Å². The highest BCUT2D eigenvalue weighted by Crippen LogP contribution is 2.38. The molecule has 0 radical (unpaired) electrons. The number of benzene rings is 2. The van der Waals surface area contributed by atoms with E-state index in [1.54, 1.807) is 0 Å². The number of nitrogens with one attached hydrogen (secondary N) is 1. The SMILES string of the molecule is COc1cc(C(=O)Nc2ccc(CCN(C)C)cc2)cc(OC)c1OCC(N)=O. The summed E-state index contributed by atoms with van der Waals surface area (Å²) in [5.41, 5.74) is 7.31. The molecule has 0 aromatic heterocycles. The number of hydrogen-bond donors (Lipinski definition) is 2. The summed E-state index contributed by atoms with van der Waals surface area (Å²) in [6.45, 7) is 0.619. The number of carbonyl (C=O) groups excluding carboxylic acids is 2. The first-order valence-corrected chi connectivity index (χ1v) is 9.06. The first-order chi connectivity index (χ1) is 13.8. The smallest absolute Gasteiger partial charge is 0.255 e. The van der Waals surface area contributed by atoms with Crippen LogP contribution in [0.4, 0.5) is 5.69 Å². The fourth-order valence-corrected chi connectivity index (χ4v) is 2.61. The Bertz CT molecular complexity index is 825. The summed E-state index contributed by atoms with van der Waals surface area (Å²) in [5.74, 6) is -0.241. The second-order valence-corrected chi connectivity index (χ2v) is 6.67. The van der Waals surface area contributed by atoms with E-state index in [-0.39, 0.29) is 29.8 Å². The molecular weight excluding hydrogens is 374 g/mol. The standard InChI is InChI=1S/C21H27N3O5/c1-24(2)10-9-14-5-7-16(8-6-14)23-21(26)15-11-17(27-3)20(18(12-15)28-4)29-13-19(22)25/h5-8,11-12H,9-10,13H2,1-4H3,(H2,22,25)(H,23,26). The summed E-state index contributed by atoms with van der Waals surface area (Å²) < 4.78 is 15.9. The molecule has 29 heavy (non-hydrogen) atoms.